The van der Waals surface area contributed by atoms with Crippen LogP contribution in [-0.4, -0.2) is 53.3 Å². The molecule has 8 nitrogen and oxygen atoms in total. The zero-order chi connectivity index (χ0) is 17.5. The highest BCUT2D eigenvalue weighted by Gasteiger charge is 2.28. The molecular weight excluding hydrogens is 312 g/mol. The molecule has 0 saturated carbocycles. The van der Waals surface area contributed by atoms with Gasteiger partial charge in [0, 0.05) is 25.9 Å². The van der Waals surface area contributed by atoms with Crippen molar-refractivity contribution in [2.45, 2.75) is 40.0 Å². The molecule has 8 heteroatoms. The number of esters is 1. The van der Waals surface area contributed by atoms with Crippen LogP contribution in [0, 0.1) is 11.8 Å². The van der Waals surface area contributed by atoms with Crippen LogP contribution in [-0.2, 0) is 22.4 Å². The Balaban J connectivity index is 1.75. The number of nitrogens with one attached hydrogen (secondary N) is 1. The molecule has 0 aromatic carbocycles. The first-order valence-electron chi connectivity index (χ1n) is 8.47. The van der Waals surface area contributed by atoms with Crippen molar-refractivity contribution in [2.24, 2.45) is 11.8 Å². The number of likely N-dealkylation sites (tertiary alicyclic amines) is 1. The molecule has 1 aromatic heterocycles. The minimum atomic E-state index is -0.426. The van der Waals surface area contributed by atoms with Gasteiger partial charge >= 0.3 is 12.0 Å². The summed E-state index contributed by atoms with van der Waals surface area (Å²) in [5.74, 6) is 1.64. The largest absolute Gasteiger partial charge is 0.465 e. The van der Waals surface area contributed by atoms with Gasteiger partial charge < -0.3 is 19.4 Å². The van der Waals surface area contributed by atoms with E-state index in [-0.39, 0.29) is 12.6 Å². The van der Waals surface area contributed by atoms with Gasteiger partial charge in [0.1, 0.15) is 6.54 Å². The predicted molar refractivity (Wildman–Crippen MR) is 86.3 cm³/mol. The Bertz CT molecular complexity index is 558. The SMILES string of the molecule is CCOC(=O)CNC(=O)N1CCC(Cc2nnc(CC(C)C)o2)C1. The molecule has 1 aromatic rings. The second-order valence-electron chi connectivity index (χ2n) is 6.46. The number of nitrogens with zero attached hydrogens (tertiary/aromatic N) is 3. The van der Waals surface area contributed by atoms with E-state index in [1.54, 1.807) is 11.8 Å². The lowest BCUT2D eigenvalue weighted by Crippen LogP contribution is -2.41. The Morgan fingerprint density at radius 2 is 2.12 bits per heavy atom. The van der Waals surface area contributed by atoms with Gasteiger partial charge in [0.2, 0.25) is 11.8 Å². The van der Waals surface area contributed by atoms with E-state index in [9.17, 15) is 9.59 Å². The van der Waals surface area contributed by atoms with Crippen molar-refractivity contribution in [3.63, 3.8) is 0 Å². The van der Waals surface area contributed by atoms with Crippen molar-refractivity contribution in [1.82, 2.24) is 20.4 Å². The van der Waals surface area contributed by atoms with Gasteiger partial charge in [-0.1, -0.05) is 13.8 Å². The van der Waals surface area contributed by atoms with Crippen molar-refractivity contribution in [3.8, 4) is 0 Å². The molecule has 24 heavy (non-hydrogen) atoms. The zero-order valence-corrected chi connectivity index (χ0v) is 14.6. The summed E-state index contributed by atoms with van der Waals surface area (Å²) in [6.45, 7) is 7.43. The van der Waals surface area contributed by atoms with E-state index in [2.05, 4.69) is 29.4 Å². The second kappa shape index (κ2) is 8.65. The summed E-state index contributed by atoms with van der Waals surface area (Å²) in [6.07, 6.45) is 2.33. The first-order valence-corrected chi connectivity index (χ1v) is 8.47. The first-order chi connectivity index (χ1) is 11.5. The fourth-order valence-corrected chi connectivity index (χ4v) is 2.70. The number of hydrogen-bond acceptors (Lipinski definition) is 6. The Morgan fingerprint density at radius 1 is 1.38 bits per heavy atom. The molecule has 0 bridgehead atoms. The summed E-state index contributed by atoms with van der Waals surface area (Å²) in [4.78, 5) is 25.0. The summed E-state index contributed by atoms with van der Waals surface area (Å²) in [6, 6.07) is -0.239. The molecule has 0 radical (unpaired) electrons. The lowest BCUT2D eigenvalue weighted by Gasteiger charge is -2.16. The summed E-state index contributed by atoms with van der Waals surface area (Å²) < 4.78 is 10.4. The van der Waals surface area contributed by atoms with Crippen LogP contribution in [0.25, 0.3) is 0 Å². The van der Waals surface area contributed by atoms with Gasteiger partial charge in [0.05, 0.1) is 6.61 Å². The zero-order valence-electron chi connectivity index (χ0n) is 14.6. The molecule has 0 spiro atoms. The Morgan fingerprint density at radius 3 is 2.83 bits per heavy atom. The van der Waals surface area contributed by atoms with Gasteiger partial charge in [-0.3, -0.25) is 4.79 Å². The van der Waals surface area contributed by atoms with Gasteiger partial charge in [-0.05, 0) is 25.2 Å². The third kappa shape index (κ3) is 5.50. The van der Waals surface area contributed by atoms with Crippen molar-refractivity contribution >= 4 is 12.0 Å². The normalized spacial score (nSPS) is 17.3. The summed E-state index contributed by atoms with van der Waals surface area (Å²) >= 11 is 0. The molecule has 2 amide bonds. The Labute approximate surface area is 141 Å². The monoisotopic (exact) mass is 338 g/mol. The van der Waals surface area contributed by atoms with Crippen LogP contribution in [0.3, 0.4) is 0 Å². The van der Waals surface area contributed by atoms with Crippen LogP contribution in [0.2, 0.25) is 0 Å². The maximum atomic E-state index is 12.0. The first kappa shape index (κ1) is 18.2. The van der Waals surface area contributed by atoms with Crippen LogP contribution in [0.4, 0.5) is 4.79 Å². The van der Waals surface area contributed by atoms with E-state index < -0.39 is 5.97 Å². The van der Waals surface area contributed by atoms with Gasteiger partial charge in [-0.2, -0.15) is 0 Å². The third-order valence-electron chi connectivity index (χ3n) is 3.82. The number of rotatable bonds is 7. The number of amides is 2. The summed E-state index contributed by atoms with van der Waals surface area (Å²) in [7, 11) is 0. The summed E-state index contributed by atoms with van der Waals surface area (Å²) in [5.41, 5.74) is 0. The lowest BCUT2D eigenvalue weighted by atomic mass is 10.1. The highest BCUT2D eigenvalue weighted by molar-refractivity contribution is 5.80. The molecule has 134 valence electrons. The quantitative estimate of drug-likeness (QED) is 0.755. The maximum Gasteiger partial charge on any atom is 0.325 e. The molecule has 1 unspecified atom stereocenters. The van der Waals surface area contributed by atoms with Crippen molar-refractivity contribution in [2.75, 3.05) is 26.2 Å². The predicted octanol–water partition coefficient (Wildman–Crippen LogP) is 1.41. The molecule has 1 atom stereocenters. The number of aromatic nitrogens is 2. The smallest absolute Gasteiger partial charge is 0.325 e. The van der Waals surface area contributed by atoms with Crippen LogP contribution in [0.5, 0.6) is 0 Å². The molecule has 1 fully saturated rings. The third-order valence-corrected chi connectivity index (χ3v) is 3.82. The standard InChI is InChI=1S/C16H26N4O4/c1-4-23-15(21)9-17-16(22)20-6-5-12(10-20)8-14-19-18-13(24-14)7-11(2)3/h11-12H,4-10H2,1-3H3,(H,17,22). The molecule has 2 heterocycles. The van der Waals surface area contributed by atoms with Crippen LogP contribution in [0.15, 0.2) is 4.42 Å². The lowest BCUT2D eigenvalue weighted by molar-refractivity contribution is -0.141. The minimum Gasteiger partial charge on any atom is -0.465 e. The van der Waals surface area contributed by atoms with Crippen LogP contribution >= 0.6 is 0 Å². The fraction of sp³-hybridized carbons (Fsp3) is 0.750. The van der Waals surface area contributed by atoms with E-state index in [0.717, 1.165) is 12.8 Å². The Hall–Kier alpha value is -2.12. The minimum absolute atomic E-state index is 0.101. The van der Waals surface area contributed by atoms with Crippen molar-refractivity contribution in [1.29, 1.82) is 0 Å². The van der Waals surface area contributed by atoms with Crippen LogP contribution in [0.1, 0.15) is 39.0 Å². The van der Waals surface area contributed by atoms with Gasteiger partial charge in [-0.15, -0.1) is 10.2 Å². The topological polar surface area (TPSA) is 97.6 Å². The average Bonchev–Trinajstić information content (AvgIpc) is 3.15. The van der Waals surface area contributed by atoms with Crippen molar-refractivity contribution < 1.29 is 18.7 Å². The van der Waals surface area contributed by atoms with Gasteiger partial charge in [0.25, 0.3) is 0 Å². The molecule has 1 aliphatic heterocycles. The van der Waals surface area contributed by atoms with Crippen LogP contribution < -0.4 is 5.32 Å². The highest BCUT2D eigenvalue weighted by atomic mass is 16.5. The number of ether oxygens (including phenoxy) is 1. The average molecular weight is 338 g/mol. The molecule has 1 aliphatic rings. The highest BCUT2D eigenvalue weighted by Crippen LogP contribution is 2.20. The molecular formula is C16H26N4O4. The summed E-state index contributed by atoms with van der Waals surface area (Å²) in [5, 5.41) is 10.7. The number of carbonyl (C=O) groups excluding carboxylic acids is 2. The van der Waals surface area contributed by atoms with E-state index in [0.29, 0.717) is 49.7 Å². The fourth-order valence-electron chi connectivity index (χ4n) is 2.70. The van der Waals surface area contributed by atoms with Gasteiger partial charge in [-0.25, -0.2) is 4.79 Å². The molecule has 1 saturated heterocycles. The molecule has 0 aliphatic carbocycles. The number of carbonyl (C=O) groups is 2. The molecule has 2 rings (SSSR count). The van der Waals surface area contributed by atoms with Crippen molar-refractivity contribution in [3.05, 3.63) is 11.8 Å². The number of hydrogen-bond donors (Lipinski definition) is 1. The Kier molecular flexibility index (Phi) is 6.57. The van der Waals surface area contributed by atoms with E-state index in [1.165, 1.54) is 0 Å². The van der Waals surface area contributed by atoms with E-state index >= 15 is 0 Å². The number of urea groups is 1. The second-order valence-corrected chi connectivity index (χ2v) is 6.46. The maximum absolute atomic E-state index is 12.0. The van der Waals surface area contributed by atoms with Gasteiger partial charge in [0.15, 0.2) is 0 Å². The van der Waals surface area contributed by atoms with E-state index in [1.807, 2.05) is 0 Å². The van der Waals surface area contributed by atoms with E-state index in [4.69, 9.17) is 9.15 Å². The molecule has 1 N–H and O–H groups in total.